The van der Waals surface area contributed by atoms with E-state index >= 15 is 0 Å². The Kier molecular flexibility index (Phi) is 3.04. The summed E-state index contributed by atoms with van der Waals surface area (Å²) in [5.41, 5.74) is 0.929. The first-order valence-electron chi connectivity index (χ1n) is 4.57. The smallest absolute Gasteiger partial charge is 0.126 e. The fraction of sp³-hybridized carbons (Fsp3) is 0.417. The predicted molar refractivity (Wildman–Crippen MR) is 57.9 cm³/mol. The second-order valence-electron chi connectivity index (χ2n) is 3.95. The molecule has 2 heteroatoms. The fourth-order valence-electron chi connectivity index (χ4n) is 1.36. The van der Waals surface area contributed by atoms with Gasteiger partial charge in [-0.25, -0.2) is 0 Å². The molecule has 0 N–H and O–H groups in total. The first-order valence-corrected chi connectivity index (χ1v) is 4.57. The molecule has 0 saturated heterocycles. The van der Waals surface area contributed by atoms with Gasteiger partial charge in [-0.2, -0.15) is 0 Å². The fourth-order valence-corrected chi connectivity index (χ4v) is 1.36. The van der Waals surface area contributed by atoms with Gasteiger partial charge in [-0.1, -0.05) is 19.9 Å². The lowest BCUT2D eigenvalue weighted by molar-refractivity contribution is 0.386. The highest BCUT2D eigenvalue weighted by Crippen LogP contribution is 2.33. The van der Waals surface area contributed by atoms with Gasteiger partial charge in [0.15, 0.2) is 0 Å². The Morgan fingerprint density at radius 1 is 1.14 bits per heavy atom. The maximum absolute atomic E-state index is 5.29. The van der Waals surface area contributed by atoms with E-state index in [9.17, 15) is 0 Å². The summed E-state index contributed by atoms with van der Waals surface area (Å²) in [5.74, 6) is 1.62. The van der Waals surface area contributed by atoms with Crippen LogP contribution in [0, 0.1) is 6.92 Å². The highest BCUT2D eigenvalue weighted by atomic mass is 16.5. The van der Waals surface area contributed by atoms with Crippen LogP contribution in [0.2, 0.25) is 0 Å². The monoisotopic (exact) mass is 193 g/mol. The Labute approximate surface area is 85.8 Å². The molecular weight excluding hydrogens is 176 g/mol. The van der Waals surface area contributed by atoms with Crippen LogP contribution in [0.1, 0.15) is 19.4 Å². The van der Waals surface area contributed by atoms with Gasteiger partial charge in [0.1, 0.15) is 11.5 Å². The number of ether oxygens (including phenoxy) is 2. The molecule has 1 rings (SSSR count). The molecule has 0 saturated carbocycles. The van der Waals surface area contributed by atoms with Crippen molar-refractivity contribution in [1.82, 2.24) is 0 Å². The van der Waals surface area contributed by atoms with Crippen LogP contribution in [0.15, 0.2) is 18.2 Å². The Hall–Kier alpha value is -1.18. The average Bonchev–Trinajstić information content (AvgIpc) is 2.15. The summed E-state index contributed by atoms with van der Waals surface area (Å²) in [7, 11) is 3.30. The molecule has 2 nitrogen and oxygen atoms in total. The topological polar surface area (TPSA) is 18.5 Å². The van der Waals surface area contributed by atoms with Crippen molar-refractivity contribution >= 4 is 0 Å². The molecule has 0 spiro atoms. The zero-order valence-electron chi connectivity index (χ0n) is 9.26. The molecule has 0 atom stereocenters. The van der Waals surface area contributed by atoms with Gasteiger partial charge in [0.05, 0.1) is 14.2 Å². The summed E-state index contributed by atoms with van der Waals surface area (Å²) in [5, 5.41) is 0. The number of hydrogen-bond donors (Lipinski definition) is 0. The van der Waals surface area contributed by atoms with Crippen LogP contribution in [-0.2, 0) is 5.41 Å². The van der Waals surface area contributed by atoms with Crippen LogP contribution in [0.4, 0.5) is 0 Å². The van der Waals surface area contributed by atoms with Crippen molar-refractivity contribution in [3.8, 4) is 11.5 Å². The Balaban J connectivity index is 3.18. The van der Waals surface area contributed by atoms with Gasteiger partial charge < -0.3 is 9.47 Å². The molecule has 0 aliphatic rings. The molecule has 77 valence electrons. The molecule has 0 bridgehead atoms. The largest absolute Gasteiger partial charge is 0.497 e. The normalized spacial score (nSPS) is 11.2. The van der Waals surface area contributed by atoms with Gasteiger partial charge in [0.25, 0.3) is 0 Å². The Bertz CT molecular complexity index is 311. The van der Waals surface area contributed by atoms with E-state index in [1.807, 2.05) is 18.2 Å². The summed E-state index contributed by atoms with van der Waals surface area (Å²) >= 11 is 0. The van der Waals surface area contributed by atoms with Crippen molar-refractivity contribution < 1.29 is 9.47 Å². The van der Waals surface area contributed by atoms with Gasteiger partial charge in [0.2, 0.25) is 0 Å². The van der Waals surface area contributed by atoms with Crippen LogP contribution < -0.4 is 9.47 Å². The minimum absolute atomic E-state index is 0.155. The first kappa shape index (κ1) is 10.9. The SMILES string of the molecule is [CH2]C(C)(C)c1ccc(OC)cc1OC. The molecule has 1 aromatic carbocycles. The lowest BCUT2D eigenvalue weighted by Crippen LogP contribution is -2.13. The second kappa shape index (κ2) is 3.91. The van der Waals surface area contributed by atoms with Gasteiger partial charge in [0, 0.05) is 11.6 Å². The van der Waals surface area contributed by atoms with Crippen molar-refractivity contribution in [3.05, 3.63) is 30.7 Å². The van der Waals surface area contributed by atoms with E-state index in [0.29, 0.717) is 0 Å². The first-order chi connectivity index (χ1) is 6.49. The zero-order valence-corrected chi connectivity index (χ0v) is 9.26. The third-order valence-corrected chi connectivity index (χ3v) is 2.14. The zero-order chi connectivity index (χ0) is 10.8. The van der Waals surface area contributed by atoms with Crippen LogP contribution in [-0.4, -0.2) is 14.2 Å². The Morgan fingerprint density at radius 3 is 2.21 bits per heavy atom. The third kappa shape index (κ3) is 2.19. The highest BCUT2D eigenvalue weighted by molar-refractivity contribution is 5.44. The lowest BCUT2D eigenvalue weighted by Gasteiger charge is -2.22. The van der Waals surface area contributed by atoms with E-state index in [4.69, 9.17) is 9.47 Å². The number of benzene rings is 1. The van der Waals surface area contributed by atoms with Crippen molar-refractivity contribution in [3.63, 3.8) is 0 Å². The van der Waals surface area contributed by atoms with E-state index in [2.05, 4.69) is 20.8 Å². The molecule has 1 aromatic rings. The maximum atomic E-state index is 5.29. The second-order valence-corrected chi connectivity index (χ2v) is 3.95. The summed E-state index contributed by atoms with van der Waals surface area (Å²) in [6, 6.07) is 5.79. The molecule has 1 radical (unpaired) electrons. The Morgan fingerprint density at radius 2 is 1.79 bits per heavy atom. The summed E-state index contributed by atoms with van der Waals surface area (Å²) in [6.45, 7) is 8.19. The van der Waals surface area contributed by atoms with Gasteiger partial charge >= 0.3 is 0 Å². The van der Waals surface area contributed by atoms with E-state index in [0.717, 1.165) is 17.1 Å². The molecule has 0 amide bonds. The number of hydrogen-bond acceptors (Lipinski definition) is 2. The molecule has 0 fully saturated rings. The third-order valence-electron chi connectivity index (χ3n) is 2.14. The summed E-state index contributed by atoms with van der Waals surface area (Å²) < 4.78 is 10.4. The van der Waals surface area contributed by atoms with Crippen LogP contribution in [0.3, 0.4) is 0 Å². The van der Waals surface area contributed by atoms with Crippen molar-refractivity contribution in [2.45, 2.75) is 19.3 Å². The molecule has 0 aliphatic heterocycles. The van der Waals surface area contributed by atoms with Crippen LogP contribution in [0.25, 0.3) is 0 Å². The van der Waals surface area contributed by atoms with Gasteiger partial charge in [-0.3, -0.25) is 0 Å². The van der Waals surface area contributed by atoms with Gasteiger partial charge in [-0.05, 0) is 18.4 Å². The van der Waals surface area contributed by atoms with Gasteiger partial charge in [-0.15, -0.1) is 0 Å². The molecule has 0 aromatic heterocycles. The van der Waals surface area contributed by atoms with Crippen molar-refractivity contribution in [2.75, 3.05) is 14.2 Å². The maximum Gasteiger partial charge on any atom is 0.126 e. The molecular formula is C12H17O2. The minimum Gasteiger partial charge on any atom is -0.497 e. The number of rotatable bonds is 3. The van der Waals surface area contributed by atoms with Crippen molar-refractivity contribution in [1.29, 1.82) is 0 Å². The standard InChI is InChI=1S/C12H17O2/c1-12(2,3)10-7-6-9(13-4)8-11(10)14-5/h6-8H,1H2,2-5H3. The molecule has 0 heterocycles. The lowest BCUT2D eigenvalue weighted by atomic mass is 9.86. The highest BCUT2D eigenvalue weighted by Gasteiger charge is 2.18. The minimum atomic E-state index is -0.155. The molecule has 14 heavy (non-hydrogen) atoms. The van der Waals surface area contributed by atoms with E-state index in [-0.39, 0.29) is 5.41 Å². The predicted octanol–water partition coefficient (Wildman–Crippen LogP) is 2.82. The van der Waals surface area contributed by atoms with E-state index in [1.54, 1.807) is 14.2 Å². The average molecular weight is 193 g/mol. The molecule has 0 aliphatic carbocycles. The summed E-state index contributed by atoms with van der Waals surface area (Å²) in [4.78, 5) is 0. The number of methoxy groups -OCH3 is 2. The quantitative estimate of drug-likeness (QED) is 0.735. The van der Waals surface area contributed by atoms with Crippen molar-refractivity contribution in [2.24, 2.45) is 0 Å². The molecule has 0 unspecified atom stereocenters. The van der Waals surface area contributed by atoms with Crippen LogP contribution in [0.5, 0.6) is 11.5 Å². The summed E-state index contributed by atoms with van der Waals surface area (Å²) in [6.07, 6.45) is 0. The van der Waals surface area contributed by atoms with E-state index < -0.39 is 0 Å². The van der Waals surface area contributed by atoms with E-state index in [1.165, 1.54) is 0 Å². The van der Waals surface area contributed by atoms with Crippen LogP contribution >= 0.6 is 0 Å².